The molecule has 1 amide bonds. The summed E-state index contributed by atoms with van der Waals surface area (Å²) < 4.78 is 23.7. The van der Waals surface area contributed by atoms with Crippen molar-refractivity contribution in [1.29, 1.82) is 0 Å². The van der Waals surface area contributed by atoms with Gasteiger partial charge < -0.3 is 0 Å². The number of carbonyl (C=O) groups is 1. The Labute approximate surface area is 164 Å². The third-order valence-electron chi connectivity index (χ3n) is 3.93. The molecule has 2 aromatic carbocycles. The van der Waals surface area contributed by atoms with Crippen molar-refractivity contribution in [3.05, 3.63) is 69.6 Å². The number of thiazole rings is 1. The molecule has 0 atom stereocenters. The summed E-state index contributed by atoms with van der Waals surface area (Å²) in [5.41, 5.74) is 1.33. The van der Waals surface area contributed by atoms with Crippen LogP contribution in [0.1, 0.15) is 17.3 Å². The third-order valence-corrected chi connectivity index (χ3v) is 6.44. The Kier molecular flexibility index (Phi) is 5.52. The maximum Gasteiger partial charge on any atom is 0.270 e. The smallest absolute Gasteiger partial charge is 0.270 e. The minimum absolute atomic E-state index is 0.0158. The fourth-order valence-corrected chi connectivity index (χ4v) is 3.99. The maximum atomic E-state index is 12.4. The fourth-order valence-electron chi connectivity index (χ4n) is 2.39. The quantitative estimate of drug-likeness (QED) is 0.482. The van der Waals surface area contributed by atoms with Crippen molar-refractivity contribution >= 4 is 37.9 Å². The molecule has 0 aliphatic carbocycles. The number of anilines is 1. The fraction of sp³-hybridized carbons (Fsp3) is 0.111. The van der Waals surface area contributed by atoms with Crippen LogP contribution in [0.2, 0.25) is 0 Å². The van der Waals surface area contributed by atoms with Gasteiger partial charge in [-0.1, -0.05) is 19.1 Å². The number of aromatic nitrogens is 1. The molecule has 0 fully saturated rings. The molecule has 1 heterocycles. The zero-order valence-corrected chi connectivity index (χ0v) is 16.3. The van der Waals surface area contributed by atoms with Gasteiger partial charge in [0, 0.05) is 28.6 Å². The van der Waals surface area contributed by atoms with Crippen molar-refractivity contribution < 1.29 is 18.1 Å². The van der Waals surface area contributed by atoms with Crippen molar-refractivity contribution in [2.75, 3.05) is 11.1 Å². The highest BCUT2D eigenvalue weighted by Gasteiger charge is 2.15. The first-order valence-corrected chi connectivity index (χ1v) is 10.7. The van der Waals surface area contributed by atoms with Crippen LogP contribution in [-0.2, 0) is 9.84 Å². The second kappa shape index (κ2) is 7.87. The number of sulfone groups is 1. The second-order valence-electron chi connectivity index (χ2n) is 5.73. The first-order chi connectivity index (χ1) is 13.3. The summed E-state index contributed by atoms with van der Waals surface area (Å²) in [5, 5.41) is 15.5. The van der Waals surface area contributed by atoms with E-state index >= 15 is 0 Å². The van der Waals surface area contributed by atoms with Crippen molar-refractivity contribution in [2.45, 2.75) is 11.8 Å². The second-order valence-corrected chi connectivity index (χ2v) is 8.86. The molecule has 0 aliphatic rings. The number of benzene rings is 2. The van der Waals surface area contributed by atoms with E-state index in [0.717, 1.165) is 0 Å². The molecule has 0 saturated carbocycles. The zero-order chi connectivity index (χ0) is 20.3. The van der Waals surface area contributed by atoms with Crippen molar-refractivity contribution in [3.8, 4) is 11.3 Å². The topological polar surface area (TPSA) is 119 Å². The highest BCUT2D eigenvalue weighted by molar-refractivity contribution is 7.91. The number of carbonyl (C=O) groups excluding carboxylic acids is 1. The predicted octanol–water partition coefficient (Wildman–Crippen LogP) is 3.76. The monoisotopic (exact) mass is 417 g/mol. The molecule has 3 aromatic rings. The Morgan fingerprint density at radius 2 is 1.93 bits per heavy atom. The van der Waals surface area contributed by atoms with Gasteiger partial charge in [-0.2, -0.15) is 0 Å². The van der Waals surface area contributed by atoms with Crippen LogP contribution in [0.3, 0.4) is 0 Å². The summed E-state index contributed by atoms with van der Waals surface area (Å²) in [5.74, 6) is -0.446. The summed E-state index contributed by atoms with van der Waals surface area (Å²) in [4.78, 5) is 27.2. The number of nitrogens with one attached hydrogen (secondary N) is 1. The van der Waals surface area contributed by atoms with E-state index in [1.165, 1.54) is 47.7 Å². The maximum absolute atomic E-state index is 12.4. The largest absolute Gasteiger partial charge is 0.298 e. The normalized spacial score (nSPS) is 11.2. The van der Waals surface area contributed by atoms with Gasteiger partial charge in [0.2, 0.25) is 0 Å². The van der Waals surface area contributed by atoms with Crippen molar-refractivity contribution in [1.82, 2.24) is 4.98 Å². The van der Waals surface area contributed by atoms with Gasteiger partial charge in [-0.15, -0.1) is 11.3 Å². The lowest BCUT2D eigenvalue weighted by Crippen LogP contribution is -2.12. The number of nitro benzene ring substituents is 1. The predicted molar refractivity (Wildman–Crippen MR) is 106 cm³/mol. The third kappa shape index (κ3) is 4.24. The summed E-state index contributed by atoms with van der Waals surface area (Å²) in [6.45, 7) is 1.55. The highest BCUT2D eigenvalue weighted by Crippen LogP contribution is 2.27. The van der Waals surface area contributed by atoms with Gasteiger partial charge in [0.25, 0.3) is 11.6 Å². The molecule has 144 valence electrons. The van der Waals surface area contributed by atoms with E-state index in [1.807, 2.05) is 0 Å². The van der Waals surface area contributed by atoms with E-state index in [1.54, 1.807) is 24.4 Å². The van der Waals surface area contributed by atoms with E-state index in [-0.39, 0.29) is 16.3 Å². The van der Waals surface area contributed by atoms with Crippen LogP contribution >= 0.6 is 11.3 Å². The SMILES string of the molecule is CCS(=O)(=O)c1ccc(C(=O)Nc2nc(-c3cccc([N+](=O)[O-])c3)cs2)cc1. The number of nitrogens with zero attached hydrogens (tertiary/aromatic N) is 2. The summed E-state index contributed by atoms with van der Waals surface area (Å²) in [6.07, 6.45) is 0. The number of hydrogen-bond acceptors (Lipinski definition) is 7. The first kappa shape index (κ1) is 19.6. The van der Waals surface area contributed by atoms with Crippen LogP contribution in [-0.4, -0.2) is 30.0 Å². The van der Waals surface area contributed by atoms with Gasteiger partial charge in [0.15, 0.2) is 15.0 Å². The van der Waals surface area contributed by atoms with Gasteiger partial charge in [0.05, 0.1) is 21.3 Å². The van der Waals surface area contributed by atoms with Gasteiger partial charge in [-0.25, -0.2) is 13.4 Å². The number of non-ortho nitro benzene ring substituents is 1. The molecule has 0 bridgehead atoms. The molecule has 0 spiro atoms. The van der Waals surface area contributed by atoms with Crippen LogP contribution in [0.15, 0.2) is 58.8 Å². The minimum Gasteiger partial charge on any atom is -0.298 e. The summed E-state index contributed by atoms with van der Waals surface area (Å²) >= 11 is 1.18. The Balaban J connectivity index is 1.75. The molecular formula is C18H15N3O5S2. The Morgan fingerprint density at radius 3 is 2.57 bits per heavy atom. The van der Waals surface area contributed by atoms with Gasteiger partial charge in [-0.3, -0.25) is 20.2 Å². The summed E-state index contributed by atoms with van der Waals surface area (Å²) in [7, 11) is -3.33. The summed E-state index contributed by atoms with van der Waals surface area (Å²) in [6, 6.07) is 11.7. The van der Waals surface area contributed by atoms with Crippen LogP contribution in [0, 0.1) is 10.1 Å². The molecule has 1 aromatic heterocycles. The lowest BCUT2D eigenvalue weighted by Gasteiger charge is -2.04. The van der Waals surface area contributed by atoms with E-state index in [2.05, 4.69) is 10.3 Å². The number of hydrogen-bond donors (Lipinski definition) is 1. The van der Waals surface area contributed by atoms with Crippen LogP contribution in [0.5, 0.6) is 0 Å². The van der Waals surface area contributed by atoms with E-state index in [4.69, 9.17) is 0 Å². The van der Waals surface area contributed by atoms with Crippen molar-refractivity contribution in [2.24, 2.45) is 0 Å². The highest BCUT2D eigenvalue weighted by atomic mass is 32.2. The molecule has 10 heteroatoms. The molecule has 28 heavy (non-hydrogen) atoms. The average molecular weight is 417 g/mol. The standard InChI is InChI=1S/C18H15N3O5S2/c1-2-28(25,26)15-8-6-12(7-9-15)17(22)20-18-19-16(11-27-18)13-4-3-5-14(10-13)21(23)24/h3-11H,2H2,1H3,(H,19,20,22). The van der Waals surface area contributed by atoms with Crippen LogP contribution < -0.4 is 5.32 Å². The lowest BCUT2D eigenvalue weighted by molar-refractivity contribution is -0.384. The molecule has 0 radical (unpaired) electrons. The molecule has 0 unspecified atom stereocenters. The van der Waals surface area contributed by atoms with Crippen LogP contribution in [0.25, 0.3) is 11.3 Å². The number of nitro groups is 1. The van der Waals surface area contributed by atoms with Gasteiger partial charge in [0.1, 0.15) is 0 Å². The Bertz CT molecular complexity index is 1140. The zero-order valence-electron chi connectivity index (χ0n) is 14.7. The van der Waals surface area contributed by atoms with Gasteiger partial charge in [-0.05, 0) is 24.3 Å². The van der Waals surface area contributed by atoms with Gasteiger partial charge >= 0.3 is 0 Å². The molecule has 3 rings (SSSR count). The van der Waals surface area contributed by atoms with Crippen molar-refractivity contribution in [3.63, 3.8) is 0 Å². The minimum atomic E-state index is -3.33. The lowest BCUT2D eigenvalue weighted by atomic mass is 10.1. The van der Waals surface area contributed by atoms with Crippen LogP contribution in [0.4, 0.5) is 10.8 Å². The molecule has 8 nitrogen and oxygen atoms in total. The number of rotatable bonds is 6. The number of amides is 1. The Morgan fingerprint density at radius 1 is 1.21 bits per heavy atom. The molecule has 0 saturated heterocycles. The molecule has 1 N–H and O–H groups in total. The van der Waals surface area contributed by atoms with E-state index in [9.17, 15) is 23.3 Å². The van der Waals surface area contributed by atoms with E-state index < -0.39 is 20.7 Å². The molecule has 0 aliphatic heterocycles. The Hall–Kier alpha value is -3.11. The first-order valence-electron chi connectivity index (χ1n) is 8.14. The average Bonchev–Trinajstić information content (AvgIpc) is 3.16. The van der Waals surface area contributed by atoms with E-state index in [0.29, 0.717) is 22.0 Å². The molecular weight excluding hydrogens is 402 g/mol.